The third-order valence-corrected chi connectivity index (χ3v) is 30.7. The van der Waals surface area contributed by atoms with Crippen molar-refractivity contribution in [3.8, 4) is 29.1 Å². The number of aromatic amines is 1. The lowest BCUT2D eigenvalue weighted by Crippen LogP contribution is -2.55. The van der Waals surface area contributed by atoms with Gasteiger partial charge in [0.05, 0.1) is 42.3 Å². The van der Waals surface area contributed by atoms with E-state index in [1.807, 2.05) is 64.1 Å². The number of ketones is 2. The van der Waals surface area contributed by atoms with Gasteiger partial charge in [0.15, 0.2) is 23.1 Å². The zero-order valence-electron chi connectivity index (χ0n) is 53.3. The van der Waals surface area contributed by atoms with Crippen molar-refractivity contribution in [1.29, 1.82) is 0 Å². The van der Waals surface area contributed by atoms with Crippen LogP contribution < -0.4 is 16.2 Å². The quantitative estimate of drug-likeness (QED) is 0.0358. The van der Waals surface area contributed by atoms with Gasteiger partial charge in [0.2, 0.25) is 0 Å². The highest BCUT2D eigenvalue weighted by molar-refractivity contribution is 8.77. The zero-order chi connectivity index (χ0) is 63.8. The molecule has 0 saturated heterocycles. The molecule has 2 aliphatic heterocycles. The maximum absolute atomic E-state index is 14.7. The van der Waals surface area contributed by atoms with E-state index in [2.05, 4.69) is 65.4 Å². The molecule has 10 N–H and O–H groups in total. The molecule has 15 rings (SSSR count). The molecule has 1 aromatic heterocycles. The number of aromatic nitrogens is 1. The summed E-state index contributed by atoms with van der Waals surface area (Å²) in [4.78, 5) is 32.5. The van der Waals surface area contributed by atoms with E-state index >= 15 is 0 Å². The van der Waals surface area contributed by atoms with Gasteiger partial charge in [-0.2, -0.15) is 0 Å². The van der Waals surface area contributed by atoms with Crippen molar-refractivity contribution < 1.29 is 39.9 Å². The minimum Gasteiger partial charge on any atom is -0.508 e. The van der Waals surface area contributed by atoms with Gasteiger partial charge in [-0.1, -0.05) is 135 Å². The number of hydrogen-bond acceptors (Lipinski definition) is 14. The van der Waals surface area contributed by atoms with Crippen LogP contribution in [0.4, 0.5) is 0 Å². The number of aliphatic hydroxyl groups is 3. The number of Topliss-reactive ketones (excluding diaryl/α,β-unsaturated/α-hetero) is 1. The van der Waals surface area contributed by atoms with Crippen LogP contribution in [0.5, 0.6) is 17.2 Å². The Bertz CT molecular complexity index is 3790. The standard InChI is InChI=1S/C78H91N3O8S4/c79-74(80)61-36-49-7-5-9-68-58(24-30-81-68)71(86)38-62-59(49)37-51(61)42-90-91-43-54-40-76(28-22-55(83)16-10-46-12-20-70(85)72(33-46)89-31-25-47-11-19-69(84)63(62)32-47)45-78(54,88)73-21-15-53(76)34-50-39-77(87)52(14-18-66-67(77)23-29-75(66)26-3-4-27-75)13-17-57-60(50)35-48-6-1-2-8-56(48)64(41-82)65(57)44-92-93-73/h1-2,6,8,11-12,15,19-22,24,28,30,32-33,36-37,50,52-54,57,60,62,64-67,73-74,81-82,84-85,87-88H,3-4,9-10,13-14,16-18,23,25-27,29,31,34-35,38-45,79-80H2. The molecule has 15 bridgehead atoms. The van der Waals surface area contributed by atoms with Gasteiger partial charge in [-0.05, 0) is 229 Å². The Morgan fingerprint density at radius 1 is 0.731 bits per heavy atom. The fraction of sp³-hybridized carbons (Fsp3) is 0.538. The molecule has 0 radical (unpaired) electrons. The number of fused-ring (bicyclic) bond motifs is 18. The van der Waals surface area contributed by atoms with Crippen LogP contribution in [0.3, 0.4) is 0 Å². The number of nitrogens with one attached hydrogen (secondary N) is 1. The number of hydrogen-bond donors (Lipinski definition) is 8. The van der Waals surface area contributed by atoms with E-state index in [1.54, 1.807) is 39.9 Å². The number of phenols is 2. The Labute approximate surface area is 564 Å². The van der Waals surface area contributed by atoms with Crippen molar-refractivity contribution in [2.24, 2.45) is 75.6 Å². The van der Waals surface area contributed by atoms with Crippen molar-refractivity contribution in [3.05, 3.63) is 171 Å². The first kappa shape index (κ1) is 64.2. The summed E-state index contributed by atoms with van der Waals surface area (Å²) in [6.07, 6.45) is 27.0. The topological polar surface area (TPSA) is 212 Å². The monoisotopic (exact) mass is 1330 g/mol. The van der Waals surface area contributed by atoms with Gasteiger partial charge in [-0.3, -0.25) is 9.59 Å². The van der Waals surface area contributed by atoms with Gasteiger partial charge in [-0.25, -0.2) is 0 Å². The van der Waals surface area contributed by atoms with Crippen molar-refractivity contribution in [1.82, 2.24) is 4.98 Å². The molecule has 5 fully saturated rings. The summed E-state index contributed by atoms with van der Waals surface area (Å²) in [5.41, 5.74) is 20.7. The van der Waals surface area contributed by atoms with Crippen LogP contribution in [-0.4, -0.2) is 83.3 Å². The molecule has 5 aromatic rings. The highest BCUT2D eigenvalue weighted by atomic mass is 33.1. The number of nitrogens with two attached hydrogens (primary N) is 2. The molecule has 93 heavy (non-hydrogen) atoms. The van der Waals surface area contributed by atoms with Gasteiger partial charge < -0.3 is 46.7 Å². The molecule has 10 aliphatic rings. The first-order chi connectivity index (χ1) is 45.1. The lowest BCUT2D eigenvalue weighted by molar-refractivity contribution is -0.153. The molecule has 2 spiro atoms. The second-order valence-electron chi connectivity index (χ2n) is 30.0. The van der Waals surface area contributed by atoms with Crippen molar-refractivity contribution in [2.45, 2.75) is 169 Å². The second kappa shape index (κ2) is 26.2. The number of rotatable bonds is 2. The van der Waals surface area contributed by atoms with Gasteiger partial charge >= 0.3 is 0 Å². The lowest BCUT2D eigenvalue weighted by Gasteiger charge is -2.55. The number of aromatic hydroxyl groups is 2. The molecule has 0 amide bonds. The van der Waals surface area contributed by atoms with Crippen molar-refractivity contribution >= 4 is 54.7 Å². The number of allylic oxidation sites excluding steroid dienone is 3. The fourth-order valence-electron chi connectivity index (χ4n) is 20.9. The highest BCUT2D eigenvalue weighted by Crippen LogP contribution is 2.68. The first-order valence-electron chi connectivity index (χ1n) is 34.8. The van der Waals surface area contributed by atoms with Crippen LogP contribution in [-0.2, 0) is 36.2 Å². The summed E-state index contributed by atoms with van der Waals surface area (Å²) in [7, 11) is 7.15. The number of phenolic OH excluding ortho intramolecular Hbond substituents is 2. The smallest absolute Gasteiger partial charge is 0.165 e. The molecule has 15 unspecified atom stereocenters. The van der Waals surface area contributed by atoms with Gasteiger partial charge in [0, 0.05) is 76.9 Å². The Kier molecular flexibility index (Phi) is 18.1. The summed E-state index contributed by atoms with van der Waals surface area (Å²) in [5.74, 6) is 10.3. The third-order valence-electron chi connectivity index (χ3n) is 25.5. The Morgan fingerprint density at radius 2 is 1.56 bits per heavy atom. The Balaban J connectivity index is 0.824. The zero-order valence-corrected chi connectivity index (χ0v) is 56.6. The average Bonchev–Trinajstić information content (AvgIpc) is 1.47. The Morgan fingerprint density at radius 3 is 2.41 bits per heavy atom. The molecule has 3 heterocycles. The number of aliphatic hydroxyl groups excluding tert-OH is 1. The summed E-state index contributed by atoms with van der Waals surface area (Å²) in [6.45, 7) is 0.295. The first-order valence-corrected chi connectivity index (χ1v) is 39.7. The molecule has 5 saturated carbocycles. The Hall–Kier alpha value is -4.86. The average molecular weight is 1330 g/mol. The van der Waals surface area contributed by atoms with E-state index in [1.165, 1.54) is 49.7 Å². The molecular formula is C78H91N3O8S4. The van der Waals surface area contributed by atoms with Crippen molar-refractivity contribution in [3.63, 3.8) is 0 Å². The summed E-state index contributed by atoms with van der Waals surface area (Å²) >= 11 is 0. The van der Waals surface area contributed by atoms with Crippen molar-refractivity contribution in [2.75, 3.05) is 24.7 Å². The number of benzene rings is 4. The van der Waals surface area contributed by atoms with Crippen LogP contribution in [0.1, 0.15) is 187 Å². The van der Waals surface area contributed by atoms with E-state index in [0.717, 1.165) is 84.2 Å². The minimum absolute atomic E-state index is 0.00123. The second-order valence-corrected chi connectivity index (χ2v) is 35.0. The largest absolute Gasteiger partial charge is 0.508 e. The predicted octanol–water partition coefficient (Wildman–Crippen LogP) is 14.4. The normalized spacial score (nSPS) is 34.9. The fourth-order valence-corrected chi connectivity index (χ4v) is 26.7. The molecule has 11 nitrogen and oxygen atoms in total. The van der Waals surface area contributed by atoms with Crippen LogP contribution in [0.2, 0.25) is 0 Å². The number of aryl methyl sites for hydroxylation is 1. The summed E-state index contributed by atoms with van der Waals surface area (Å²) in [6, 6.07) is 25.6. The SMILES string of the molecule is NC(N)c1cc2c3cc1CSSCC1CC4(C=CC(=O)CCc5ccc(O)c(c5)OCCc5ccc(O)c(c5)C3CC(=O)c3cc[nH]c3CC#C2)CC1(O)C1C=CC4CC2CC3(O)C(CCC4C2Cc2ccccc2C(CO)C4CSS1)CCC1C3CCC12CCCC2. The van der Waals surface area contributed by atoms with Crippen LogP contribution in [0.15, 0.2) is 109 Å². The maximum atomic E-state index is 14.7. The lowest BCUT2D eigenvalue weighted by atomic mass is 9.52. The van der Waals surface area contributed by atoms with Gasteiger partial charge in [0.1, 0.15) is 5.75 Å². The number of H-pyrrole nitrogens is 1. The number of carbonyl (C=O) groups is 2. The van der Waals surface area contributed by atoms with Gasteiger partial charge in [0.25, 0.3) is 0 Å². The minimum atomic E-state index is -1.15. The highest BCUT2D eigenvalue weighted by Gasteiger charge is 2.64. The summed E-state index contributed by atoms with van der Waals surface area (Å²) in [5, 5.41) is 62.8. The van der Waals surface area contributed by atoms with Crippen LogP contribution >= 0.6 is 43.2 Å². The maximum Gasteiger partial charge on any atom is 0.165 e. The van der Waals surface area contributed by atoms with E-state index < -0.39 is 28.7 Å². The third kappa shape index (κ3) is 11.9. The molecule has 490 valence electrons. The molecule has 8 aliphatic carbocycles. The van der Waals surface area contributed by atoms with E-state index in [-0.39, 0.29) is 95.8 Å². The van der Waals surface area contributed by atoms with E-state index in [9.17, 15) is 35.1 Å². The predicted molar refractivity (Wildman–Crippen MR) is 375 cm³/mol. The van der Waals surface area contributed by atoms with E-state index in [4.69, 9.17) is 16.2 Å². The summed E-state index contributed by atoms with van der Waals surface area (Å²) < 4.78 is 6.34. The molecule has 4 aromatic carbocycles. The molecular weight excluding hydrogens is 1240 g/mol. The van der Waals surface area contributed by atoms with Crippen LogP contribution in [0, 0.1) is 75.9 Å². The van der Waals surface area contributed by atoms with Crippen LogP contribution in [0.25, 0.3) is 0 Å². The number of carbonyl (C=O) groups excluding carboxylic acids is 2. The van der Waals surface area contributed by atoms with E-state index in [0.29, 0.717) is 89.2 Å². The number of ether oxygens (including phenoxy) is 1. The molecule has 15 heteroatoms. The van der Waals surface area contributed by atoms with Gasteiger partial charge in [-0.15, -0.1) is 0 Å². The molecule has 15 atom stereocenters.